The third-order valence-corrected chi connectivity index (χ3v) is 2.96. The van der Waals surface area contributed by atoms with Gasteiger partial charge >= 0.3 is 12.1 Å². The third-order valence-electron chi connectivity index (χ3n) is 2.96. The molecule has 0 aromatic rings. The first-order chi connectivity index (χ1) is 8.19. The molecular formula is C12H22N2O4. The quantitative estimate of drug-likeness (QED) is 0.688. The van der Waals surface area contributed by atoms with Crippen LogP contribution >= 0.6 is 0 Å². The molecule has 1 fully saturated rings. The van der Waals surface area contributed by atoms with Crippen LogP contribution in [0.15, 0.2) is 0 Å². The second-order valence-electron chi connectivity index (χ2n) is 5.76. The van der Waals surface area contributed by atoms with Crippen LogP contribution in [-0.4, -0.2) is 34.9 Å². The van der Waals surface area contributed by atoms with Crippen molar-refractivity contribution in [3.63, 3.8) is 0 Å². The highest BCUT2D eigenvalue weighted by Gasteiger charge is 2.33. The second kappa shape index (κ2) is 5.56. The molecule has 6 heteroatoms. The molecule has 18 heavy (non-hydrogen) atoms. The fraction of sp³-hybridized carbons (Fsp3) is 0.833. The van der Waals surface area contributed by atoms with E-state index in [1.807, 2.05) is 0 Å². The second-order valence-corrected chi connectivity index (χ2v) is 5.76. The zero-order valence-corrected chi connectivity index (χ0v) is 11.1. The molecule has 6 nitrogen and oxygen atoms in total. The lowest BCUT2D eigenvalue weighted by atomic mass is 9.83. The normalized spacial score (nSPS) is 28.6. The van der Waals surface area contributed by atoms with Crippen molar-refractivity contribution in [1.82, 2.24) is 5.32 Å². The first kappa shape index (κ1) is 14.8. The number of nitrogens with two attached hydrogens (primary N) is 1. The molecule has 4 N–H and O–H groups in total. The molecule has 0 saturated heterocycles. The van der Waals surface area contributed by atoms with Crippen LogP contribution in [-0.2, 0) is 9.53 Å². The molecule has 3 unspecified atom stereocenters. The van der Waals surface area contributed by atoms with E-state index in [2.05, 4.69) is 5.32 Å². The van der Waals surface area contributed by atoms with Gasteiger partial charge in [-0.15, -0.1) is 0 Å². The van der Waals surface area contributed by atoms with Crippen molar-refractivity contribution in [1.29, 1.82) is 0 Å². The molecule has 1 saturated carbocycles. The molecule has 1 aliphatic rings. The molecular weight excluding hydrogens is 236 g/mol. The van der Waals surface area contributed by atoms with Crippen LogP contribution in [0.25, 0.3) is 0 Å². The number of nitrogens with one attached hydrogen (secondary N) is 1. The summed E-state index contributed by atoms with van der Waals surface area (Å²) in [5, 5.41) is 11.6. The molecule has 1 amide bonds. The van der Waals surface area contributed by atoms with Gasteiger partial charge in [0.25, 0.3) is 0 Å². The maximum Gasteiger partial charge on any atom is 0.407 e. The molecule has 3 atom stereocenters. The van der Waals surface area contributed by atoms with Gasteiger partial charge in [0.15, 0.2) is 0 Å². The summed E-state index contributed by atoms with van der Waals surface area (Å²) >= 11 is 0. The van der Waals surface area contributed by atoms with Gasteiger partial charge in [0.2, 0.25) is 0 Å². The smallest absolute Gasteiger partial charge is 0.407 e. The molecule has 0 aliphatic heterocycles. The van der Waals surface area contributed by atoms with Gasteiger partial charge in [0, 0.05) is 12.1 Å². The summed E-state index contributed by atoms with van der Waals surface area (Å²) < 4.78 is 5.13. The summed E-state index contributed by atoms with van der Waals surface area (Å²) in [6.45, 7) is 5.31. The zero-order chi connectivity index (χ0) is 13.9. The molecule has 0 aromatic heterocycles. The van der Waals surface area contributed by atoms with Crippen LogP contribution in [0.5, 0.6) is 0 Å². The van der Waals surface area contributed by atoms with Crippen molar-refractivity contribution in [2.24, 2.45) is 11.7 Å². The minimum atomic E-state index is -0.835. The number of aliphatic carboxylic acids is 1. The average Bonchev–Trinajstić information content (AvgIpc) is 2.18. The largest absolute Gasteiger partial charge is 0.481 e. The Labute approximate surface area is 107 Å². The predicted octanol–water partition coefficient (Wildman–Crippen LogP) is 1.09. The van der Waals surface area contributed by atoms with E-state index in [4.69, 9.17) is 15.6 Å². The van der Waals surface area contributed by atoms with Gasteiger partial charge < -0.3 is 20.9 Å². The van der Waals surface area contributed by atoms with E-state index in [9.17, 15) is 9.59 Å². The highest BCUT2D eigenvalue weighted by molar-refractivity contribution is 5.71. The van der Waals surface area contributed by atoms with E-state index in [0.29, 0.717) is 19.3 Å². The van der Waals surface area contributed by atoms with Gasteiger partial charge in [-0.1, -0.05) is 0 Å². The lowest BCUT2D eigenvalue weighted by Gasteiger charge is -2.33. The molecule has 0 radical (unpaired) electrons. The summed E-state index contributed by atoms with van der Waals surface area (Å²) in [4.78, 5) is 22.5. The Morgan fingerprint density at radius 1 is 1.33 bits per heavy atom. The number of carbonyl (C=O) groups is 2. The van der Waals surface area contributed by atoms with Crippen molar-refractivity contribution < 1.29 is 19.4 Å². The van der Waals surface area contributed by atoms with Gasteiger partial charge in [-0.2, -0.15) is 0 Å². The molecule has 104 valence electrons. The number of carbonyl (C=O) groups excluding carboxylic acids is 1. The maximum atomic E-state index is 11.6. The van der Waals surface area contributed by atoms with Gasteiger partial charge in [0.05, 0.1) is 5.92 Å². The summed E-state index contributed by atoms with van der Waals surface area (Å²) in [5.41, 5.74) is 5.32. The molecule has 1 rings (SSSR count). The molecule has 1 aliphatic carbocycles. The topological polar surface area (TPSA) is 102 Å². The van der Waals surface area contributed by atoms with E-state index in [1.54, 1.807) is 20.8 Å². The van der Waals surface area contributed by atoms with E-state index in [1.165, 1.54) is 0 Å². The number of ether oxygens (including phenoxy) is 1. The number of hydrogen-bond acceptors (Lipinski definition) is 4. The van der Waals surface area contributed by atoms with Gasteiger partial charge in [-0.25, -0.2) is 4.79 Å². The van der Waals surface area contributed by atoms with Crippen LogP contribution in [0.1, 0.15) is 40.0 Å². The summed E-state index contributed by atoms with van der Waals surface area (Å²) in [6, 6.07) is -0.553. The fourth-order valence-electron chi connectivity index (χ4n) is 2.04. The fourth-order valence-corrected chi connectivity index (χ4v) is 2.04. The molecule has 0 aromatic carbocycles. The summed E-state index contributed by atoms with van der Waals surface area (Å²) in [7, 11) is 0. The Bertz CT molecular complexity index is 325. The van der Waals surface area contributed by atoms with Gasteiger partial charge in [-0.3, -0.25) is 4.79 Å². The Morgan fingerprint density at radius 3 is 2.44 bits per heavy atom. The lowest BCUT2D eigenvalue weighted by Crippen LogP contribution is -2.52. The van der Waals surface area contributed by atoms with Crippen LogP contribution in [0.3, 0.4) is 0 Å². The Hall–Kier alpha value is -1.30. The van der Waals surface area contributed by atoms with Crippen LogP contribution in [0.4, 0.5) is 4.79 Å². The van der Waals surface area contributed by atoms with Crippen LogP contribution in [0, 0.1) is 5.92 Å². The number of rotatable bonds is 2. The number of hydrogen-bond donors (Lipinski definition) is 3. The Morgan fingerprint density at radius 2 is 1.94 bits per heavy atom. The van der Waals surface area contributed by atoms with E-state index >= 15 is 0 Å². The molecule has 0 spiro atoms. The number of alkyl carbamates (subject to hydrolysis) is 1. The minimum Gasteiger partial charge on any atom is -0.481 e. The highest BCUT2D eigenvalue weighted by Crippen LogP contribution is 2.24. The molecule has 0 heterocycles. The Kier molecular flexibility index (Phi) is 4.56. The zero-order valence-electron chi connectivity index (χ0n) is 11.1. The van der Waals surface area contributed by atoms with Crippen molar-refractivity contribution in [2.75, 3.05) is 0 Å². The Balaban J connectivity index is 2.53. The first-order valence-corrected chi connectivity index (χ1v) is 6.17. The first-order valence-electron chi connectivity index (χ1n) is 6.17. The predicted molar refractivity (Wildman–Crippen MR) is 66.1 cm³/mol. The van der Waals surface area contributed by atoms with Crippen molar-refractivity contribution >= 4 is 12.1 Å². The van der Waals surface area contributed by atoms with E-state index in [-0.39, 0.29) is 12.1 Å². The highest BCUT2D eigenvalue weighted by atomic mass is 16.6. The monoisotopic (exact) mass is 258 g/mol. The maximum absolute atomic E-state index is 11.6. The standard InChI is InChI=1S/C12H22N2O4/c1-12(2,3)18-11(17)14-9-6-7(10(15)16)4-5-8(9)13/h7-9H,4-6,13H2,1-3H3,(H,14,17)(H,15,16). The van der Waals surface area contributed by atoms with Gasteiger partial charge in [0.1, 0.15) is 5.60 Å². The minimum absolute atomic E-state index is 0.215. The van der Waals surface area contributed by atoms with Crippen LogP contribution < -0.4 is 11.1 Å². The van der Waals surface area contributed by atoms with Gasteiger partial charge in [-0.05, 0) is 40.0 Å². The van der Waals surface area contributed by atoms with Crippen LogP contribution in [0.2, 0.25) is 0 Å². The lowest BCUT2D eigenvalue weighted by molar-refractivity contribution is -0.143. The van der Waals surface area contributed by atoms with Crippen molar-refractivity contribution in [3.8, 4) is 0 Å². The SMILES string of the molecule is CC(C)(C)OC(=O)NC1CC(C(=O)O)CCC1N. The number of amides is 1. The van der Waals surface area contributed by atoms with E-state index < -0.39 is 23.6 Å². The van der Waals surface area contributed by atoms with Crippen molar-refractivity contribution in [2.45, 2.75) is 57.7 Å². The summed E-state index contributed by atoms with van der Waals surface area (Å²) in [6.07, 6.45) is 0.963. The number of carboxylic acids is 1. The van der Waals surface area contributed by atoms with E-state index in [0.717, 1.165) is 0 Å². The summed E-state index contributed by atoms with van der Waals surface area (Å²) in [5.74, 6) is -1.28. The third kappa shape index (κ3) is 4.52. The van der Waals surface area contributed by atoms with Crippen molar-refractivity contribution in [3.05, 3.63) is 0 Å². The molecule has 0 bridgehead atoms. The average molecular weight is 258 g/mol. The number of carboxylic acid groups (broad SMARTS) is 1.